The zero-order valence-electron chi connectivity index (χ0n) is 17.8. The third kappa shape index (κ3) is 5.15. The minimum Gasteiger partial charge on any atom is -0.465 e. The lowest BCUT2D eigenvalue weighted by Gasteiger charge is -2.14. The molecule has 0 unspecified atom stereocenters. The van der Waals surface area contributed by atoms with E-state index in [1.807, 2.05) is 35.8 Å². The van der Waals surface area contributed by atoms with E-state index < -0.39 is 10.0 Å². The van der Waals surface area contributed by atoms with Crippen LogP contribution in [0.5, 0.6) is 0 Å². The maximum absolute atomic E-state index is 12.6. The van der Waals surface area contributed by atoms with Crippen LogP contribution >= 0.6 is 11.8 Å². The van der Waals surface area contributed by atoms with Crippen molar-refractivity contribution in [3.63, 3.8) is 0 Å². The molecule has 0 aliphatic carbocycles. The fourth-order valence-electron chi connectivity index (χ4n) is 2.88. The highest BCUT2D eigenvalue weighted by atomic mass is 32.2. The molecule has 0 N–H and O–H groups in total. The van der Waals surface area contributed by atoms with E-state index in [4.69, 9.17) is 4.74 Å². The van der Waals surface area contributed by atoms with Gasteiger partial charge in [0, 0.05) is 25.3 Å². The lowest BCUT2D eigenvalue weighted by atomic mass is 10.2. The van der Waals surface area contributed by atoms with Crippen molar-refractivity contribution >= 4 is 27.8 Å². The molecule has 0 amide bonds. The third-order valence-corrected chi connectivity index (χ3v) is 7.10. The van der Waals surface area contributed by atoms with Crippen LogP contribution in [0.4, 0.5) is 0 Å². The molecule has 0 saturated carbocycles. The summed E-state index contributed by atoms with van der Waals surface area (Å²) in [6.07, 6.45) is 0. The summed E-state index contributed by atoms with van der Waals surface area (Å²) in [7, 11) is -0.628. The quantitative estimate of drug-likeness (QED) is 0.376. The molecule has 2 aromatic carbocycles. The number of benzene rings is 2. The number of hydrogen-bond acceptors (Lipinski definition) is 7. The first-order chi connectivity index (χ1) is 14.7. The zero-order chi connectivity index (χ0) is 22.6. The van der Waals surface area contributed by atoms with Gasteiger partial charge < -0.3 is 4.74 Å². The first kappa shape index (κ1) is 23.0. The maximum Gasteiger partial charge on any atom is 0.316 e. The summed E-state index contributed by atoms with van der Waals surface area (Å²) in [5, 5.41) is 9.09. The Morgan fingerprint density at radius 2 is 1.87 bits per heavy atom. The van der Waals surface area contributed by atoms with Gasteiger partial charge in [0.1, 0.15) is 0 Å². The van der Waals surface area contributed by atoms with Crippen molar-refractivity contribution in [3.05, 3.63) is 54.1 Å². The molecule has 0 bridgehead atoms. The Morgan fingerprint density at radius 3 is 2.55 bits per heavy atom. The molecule has 0 atom stereocenters. The number of carbonyl (C=O) groups excluding carboxylic acids is 1. The maximum atomic E-state index is 12.6. The van der Waals surface area contributed by atoms with Gasteiger partial charge in [0.2, 0.25) is 10.0 Å². The highest BCUT2D eigenvalue weighted by molar-refractivity contribution is 7.99. The van der Waals surface area contributed by atoms with Crippen molar-refractivity contribution in [1.29, 1.82) is 0 Å². The summed E-state index contributed by atoms with van der Waals surface area (Å²) < 4.78 is 33.2. The molecule has 0 aliphatic heterocycles. The zero-order valence-corrected chi connectivity index (χ0v) is 19.4. The SMILES string of the molecule is CCOC(=O)CSc1nnc(-c2cccc(S(=O)(=O)N(C)C)c2)n1-c1cccc(C)c1. The lowest BCUT2D eigenvalue weighted by molar-refractivity contribution is -0.139. The minimum atomic E-state index is -3.60. The number of aryl methyl sites for hydroxylation is 1. The van der Waals surface area contributed by atoms with E-state index in [1.54, 1.807) is 31.2 Å². The Kier molecular flexibility index (Phi) is 7.14. The number of aromatic nitrogens is 3. The summed E-state index contributed by atoms with van der Waals surface area (Å²) in [5.74, 6) is 0.229. The van der Waals surface area contributed by atoms with E-state index in [0.717, 1.165) is 15.6 Å². The van der Waals surface area contributed by atoms with Crippen molar-refractivity contribution in [3.8, 4) is 17.1 Å². The number of sulfonamides is 1. The van der Waals surface area contributed by atoms with E-state index >= 15 is 0 Å². The molecular formula is C21H24N4O4S2. The largest absolute Gasteiger partial charge is 0.465 e. The molecule has 8 nitrogen and oxygen atoms in total. The number of thioether (sulfide) groups is 1. The molecule has 1 aromatic heterocycles. The molecule has 0 fully saturated rings. The highest BCUT2D eigenvalue weighted by Crippen LogP contribution is 2.30. The van der Waals surface area contributed by atoms with Gasteiger partial charge in [-0.15, -0.1) is 10.2 Å². The van der Waals surface area contributed by atoms with Gasteiger partial charge in [-0.3, -0.25) is 9.36 Å². The molecule has 3 rings (SSSR count). The van der Waals surface area contributed by atoms with E-state index in [0.29, 0.717) is 23.2 Å². The molecule has 164 valence electrons. The fourth-order valence-corrected chi connectivity index (χ4v) is 4.58. The van der Waals surface area contributed by atoms with Crippen LogP contribution in [-0.2, 0) is 19.6 Å². The van der Waals surface area contributed by atoms with Gasteiger partial charge >= 0.3 is 5.97 Å². The Labute approximate surface area is 186 Å². The van der Waals surface area contributed by atoms with Crippen LogP contribution in [0.3, 0.4) is 0 Å². The molecular weight excluding hydrogens is 436 g/mol. The Balaban J connectivity index is 2.10. The lowest BCUT2D eigenvalue weighted by Crippen LogP contribution is -2.22. The van der Waals surface area contributed by atoms with Crippen LogP contribution < -0.4 is 0 Å². The number of esters is 1. The summed E-state index contributed by atoms with van der Waals surface area (Å²) >= 11 is 1.21. The van der Waals surface area contributed by atoms with Gasteiger partial charge in [-0.25, -0.2) is 12.7 Å². The second-order valence-corrected chi connectivity index (χ2v) is 9.98. The van der Waals surface area contributed by atoms with Crippen molar-refractivity contribution in [2.75, 3.05) is 26.5 Å². The smallest absolute Gasteiger partial charge is 0.316 e. The van der Waals surface area contributed by atoms with Crippen molar-refractivity contribution < 1.29 is 17.9 Å². The van der Waals surface area contributed by atoms with Crippen LogP contribution in [0.25, 0.3) is 17.1 Å². The van der Waals surface area contributed by atoms with Crippen molar-refractivity contribution in [2.24, 2.45) is 0 Å². The number of carbonyl (C=O) groups is 1. The monoisotopic (exact) mass is 460 g/mol. The topological polar surface area (TPSA) is 94.4 Å². The average molecular weight is 461 g/mol. The average Bonchev–Trinajstić information content (AvgIpc) is 3.16. The van der Waals surface area contributed by atoms with Crippen molar-refractivity contribution in [2.45, 2.75) is 23.9 Å². The van der Waals surface area contributed by atoms with Gasteiger partial charge in [0.05, 0.1) is 17.3 Å². The minimum absolute atomic E-state index is 0.0901. The Bertz CT molecular complexity index is 1190. The Morgan fingerprint density at radius 1 is 1.13 bits per heavy atom. The van der Waals surface area contributed by atoms with Gasteiger partial charge in [0.15, 0.2) is 11.0 Å². The standard InChI is InChI=1S/C21H24N4O4S2/c1-5-29-19(26)14-30-21-23-22-20(25(21)17-10-6-8-15(2)12-17)16-9-7-11-18(13-16)31(27,28)24(3)4/h6-13H,5,14H2,1-4H3. The summed E-state index contributed by atoms with van der Waals surface area (Å²) in [6, 6.07) is 14.4. The highest BCUT2D eigenvalue weighted by Gasteiger charge is 2.21. The third-order valence-electron chi connectivity index (χ3n) is 4.39. The van der Waals surface area contributed by atoms with Crippen LogP contribution in [0, 0.1) is 6.92 Å². The normalized spacial score (nSPS) is 11.6. The van der Waals surface area contributed by atoms with E-state index in [9.17, 15) is 13.2 Å². The number of nitrogens with zero attached hydrogens (tertiary/aromatic N) is 4. The molecule has 0 spiro atoms. The van der Waals surface area contributed by atoms with E-state index in [2.05, 4.69) is 10.2 Å². The van der Waals surface area contributed by atoms with Crippen LogP contribution in [0.1, 0.15) is 12.5 Å². The predicted molar refractivity (Wildman–Crippen MR) is 120 cm³/mol. The fraction of sp³-hybridized carbons (Fsp3) is 0.286. The number of rotatable bonds is 8. The van der Waals surface area contributed by atoms with Gasteiger partial charge in [-0.2, -0.15) is 0 Å². The van der Waals surface area contributed by atoms with Gasteiger partial charge in [0.25, 0.3) is 0 Å². The molecule has 1 heterocycles. The predicted octanol–water partition coefficient (Wildman–Crippen LogP) is 3.15. The first-order valence-corrected chi connectivity index (χ1v) is 12.0. The van der Waals surface area contributed by atoms with E-state index in [-0.39, 0.29) is 16.6 Å². The van der Waals surface area contributed by atoms with Crippen LogP contribution in [-0.4, -0.2) is 59.9 Å². The molecule has 0 radical (unpaired) electrons. The van der Waals surface area contributed by atoms with Gasteiger partial charge in [-0.1, -0.05) is 36.0 Å². The van der Waals surface area contributed by atoms with Crippen molar-refractivity contribution in [1.82, 2.24) is 19.1 Å². The van der Waals surface area contributed by atoms with E-state index in [1.165, 1.54) is 25.9 Å². The molecule has 10 heteroatoms. The number of hydrogen-bond donors (Lipinski definition) is 0. The first-order valence-electron chi connectivity index (χ1n) is 9.58. The summed E-state index contributed by atoms with van der Waals surface area (Å²) in [5.41, 5.74) is 2.45. The van der Waals surface area contributed by atoms with Crippen LogP contribution in [0.2, 0.25) is 0 Å². The van der Waals surface area contributed by atoms with Gasteiger partial charge in [-0.05, 0) is 43.7 Å². The van der Waals surface area contributed by atoms with Crippen LogP contribution in [0.15, 0.2) is 58.6 Å². The second-order valence-electron chi connectivity index (χ2n) is 6.89. The summed E-state index contributed by atoms with van der Waals surface area (Å²) in [4.78, 5) is 12.0. The molecule has 31 heavy (non-hydrogen) atoms. The number of ether oxygens (including phenoxy) is 1. The second kappa shape index (κ2) is 9.63. The molecule has 3 aromatic rings. The summed E-state index contributed by atoms with van der Waals surface area (Å²) in [6.45, 7) is 4.04. The molecule has 0 saturated heterocycles. The Hall–Kier alpha value is -2.69. The molecule has 0 aliphatic rings.